The molecular weight excluding hydrogens is 743 g/mol. The molecule has 268 valence electrons. The van der Waals surface area contributed by atoms with E-state index < -0.39 is 0 Å². The minimum absolute atomic E-state index is 0. The van der Waals surface area contributed by atoms with Crippen LogP contribution in [0, 0.1) is 14.9 Å². The summed E-state index contributed by atoms with van der Waals surface area (Å²) in [4.78, 5) is 0. The van der Waals surface area contributed by atoms with Crippen molar-refractivity contribution >= 4 is 53.2 Å². The molecule has 0 fully saturated rings. The van der Waals surface area contributed by atoms with Crippen LogP contribution >= 0.6 is 24.8 Å². The first-order chi connectivity index (χ1) is 22.1. The Morgan fingerprint density at radius 1 is 0.620 bits per heavy atom. The van der Waals surface area contributed by atoms with E-state index >= 15 is 0 Å². The van der Waals surface area contributed by atoms with Gasteiger partial charge in [0.2, 0.25) is 0 Å². The number of hydrogen-bond donors (Lipinski definition) is 0. The molecule has 0 heterocycles. The van der Waals surface area contributed by atoms with Crippen LogP contribution in [0.5, 0.6) is 0 Å². The van der Waals surface area contributed by atoms with Crippen molar-refractivity contribution in [2.45, 2.75) is 91.9 Å². The van der Waals surface area contributed by atoms with Gasteiger partial charge in [-0.15, -0.1) is 93.9 Å². The topological polar surface area (TPSA) is 0 Å². The fourth-order valence-corrected chi connectivity index (χ4v) is 6.16. The van der Waals surface area contributed by atoms with Gasteiger partial charge in [0.05, 0.1) is 0 Å². The molecule has 50 heavy (non-hydrogen) atoms. The van der Waals surface area contributed by atoms with Gasteiger partial charge in [-0.05, 0) is 52.3 Å². The molecule has 6 rings (SSSR count). The summed E-state index contributed by atoms with van der Waals surface area (Å²) in [5.41, 5.74) is 11.2. The normalized spacial score (nSPS) is 11.6. The SMILES string of the molecule is CCC(C)c1cc2c(-c3ccc(C(C)(C)C)cc3)cccc2[cH-]1.CCc1cc2c(-c3ccc(C(C)CC)cc3)cccc2[cH-]1.Cl.Cl.[CH3-].[CH3-].[Si]=[Zr]. The van der Waals surface area contributed by atoms with Crippen molar-refractivity contribution < 1.29 is 23.3 Å². The van der Waals surface area contributed by atoms with Gasteiger partial charge in [0, 0.05) is 0 Å². The van der Waals surface area contributed by atoms with Gasteiger partial charge < -0.3 is 14.9 Å². The molecular formula is C46H58Cl2SiZr-4. The zero-order chi connectivity index (χ0) is 33.4. The van der Waals surface area contributed by atoms with E-state index in [9.17, 15) is 0 Å². The second kappa shape index (κ2) is 22.0. The summed E-state index contributed by atoms with van der Waals surface area (Å²) in [6.45, 7) is 21.2. The van der Waals surface area contributed by atoms with Crippen LogP contribution in [0.15, 0.2) is 109 Å². The summed E-state index contributed by atoms with van der Waals surface area (Å²) < 4.78 is 0. The first kappa shape index (κ1) is 47.8. The molecule has 6 aromatic carbocycles. The summed E-state index contributed by atoms with van der Waals surface area (Å²) in [5, 5.41) is 5.48. The van der Waals surface area contributed by atoms with E-state index in [1.165, 1.54) is 102 Å². The molecule has 0 aliphatic heterocycles. The number of benzene rings is 4. The van der Waals surface area contributed by atoms with Crippen LogP contribution < -0.4 is 0 Å². The fraction of sp³-hybridized carbons (Fsp3) is 0.304. The predicted octanol–water partition coefficient (Wildman–Crippen LogP) is 14.7. The van der Waals surface area contributed by atoms with Gasteiger partial charge in [-0.3, -0.25) is 0 Å². The third-order valence-corrected chi connectivity index (χ3v) is 9.64. The van der Waals surface area contributed by atoms with E-state index in [1.54, 1.807) is 0 Å². The maximum absolute atomic E-state index is 3.06. The zero-order valence-electron chi connectivity index (χ0n) is 32.0. The van der Waals surface area contributed by atoms with Crippen LogP contribution in [-0.2, 0) is 35.2 Å². The summed E-state index contributed by atoms with van der Waals surface area (Å²) in [5.74, 6) is 1.26. The minimum atomic E-state index is 0. The third-order valence-electron chi connectivity index (χ3n) is 9.64. The van der Waals surface area contributed by atoms with Crippen molar-refractivity contribution in [1.82, 2.24) is 0 Å². The molecule has 2 atom stereocenters. The van der Waals surface area contributed by atoms with Gasteiger partial charge in [0.1, 0.15) is 0 Å². The number of aryl methyl sites for hydroxylation is 1. The first-order valence-corrected chi connectivity index (χ1v) is 21.2. The van der Waals surface area contributed by atoms with Gasteiger partial charge in [0.25, 0.3) is 0 Å². The Hall–Kier alpha value is -2.22. The van der Waals surface area contributed by atoms with Crippen LogP contribution in [0.3, 0.4) is 0 Å². The van der Waals surface area contributed by atoms with Gasteiger partial charge in [-0.25, -0.2) is 0 Å². The molecule has 0 saturated carbocycles. The molecule has 6 aromatic rings. The molecule has 0 saturated heterocycles. The van der Waals surface area contributed by atoms with Gasteiger partial charge in [0.15, 0.2) is 0 Å². The molecule has 0 aliphatic carbocycles. The Morgan fingerprint density at radius 2 is 1.08 bits per heavy atom. The van der Waals surface area contributed by atoms with Crippen molar-refractivity contribution in [3.8, 4) is 22.3 Å². The van der Waals surface area contributed by atoms with Crippen LogP contribution in [-0.4, -0.2) is 6.88 Å². The maximum atomic E-state index is 3.06. The quantitative estimate of drug-likeness (QED) is 0.111. The molecule has 0 spiro atoms. The van der Waals surface area contributed by atoms with Crippen molar-refractivity contribution in [3.05, 3.63) is 146 Å². The summed E-state index contributed by atoms with van der Waals surface area (Å²) in [6.07, 6.45) is 3.48. The van der Waals surface area contributed by atoms with E-state index in [0.29, 0.717) is 11.8 Å². The van der Waals surface area contributed by atoms with Crippen LogP contribution in [0.25, 0.3) is 43.8 Å². The Balaban J connectivity index is 0.000000853. The van der Waals surface area contributed by atoms with E-state index in [2.05, 4.69) is 171 Å². The second-order valence-electron chi connectivity index (χ2n) is 13.7. The average molecular weight is 801 g/mol. The third kappa shape index (κ3) is 11.4. The summed E-state index contributed by atoms with van der Waals surface area (Å²) >= 11 is 1.36. The van der Waals surface area contributed by atoms with Gasteiger partial charge >= 0.3 is 30.2 Å². The number of hydrogen-bond acceptors (Lipinski definition) is 0. The van der Waals surface area contributed by atoms with Crippen molar-refractivity contribution in [2.24, 2.45) is 0 Å². The molecule has 0 N–H and O–H groups in total. The summed E-state index contributed by atoms with van der Waals surface area (Å²) in [7, 11) is 0. The predicted molar refractivity (Wildman–Crippen MR) is 229 cm³/mol. The van der Waals surface area contributed by atoms with Crippen LogP contribution in [0.4, 0.5) is 0 Å². The Labute approximate surface area is 334 Å². The molecule has 0 bridgehead atoms. The molecule has 0 aliphatic rings. The molecule has 4 heteroatoms. The molecule has 0 aromatic heterocycles. The summed E-state index contributed by atoms with van der Waals surface area (Å²) in [6, 6.07) is 40.9. The van der Waals surface area contributed by atoms with E-state index in [1.807, 2.05) is 0 Å². The zero-order valence-corrected chi connectivity index (χ0v) is 37.1. The van der Waals surface area contributed by atoms with Gasteiger partial charge in [-0.2, -0.15) is 12.1 Å². The number of rotatable bonds is 7. The standard InChI is InChI=1S/C23H27.C21H23.2CH3.2ClH.Si.Zr/c1-6-16(2)19-14-18-8-7-9-21(22(18)15-19)17-10-12-20(13-11-17)23(3,4)5;1-4-15(3)17-9-11-18(12-10-17)20-8-6-7-19-13-16(5-2)14-21(19)20;;;;;;/h7-16H,6H2,1-5H3;6-15H,4-5H2,1-3H3;2*1H3;2*1H;;/q4*-1;;;;. The second-order valence-corrected chi connectivity index (χ2v) is 13.7. The van der Waals surface area contributed by atoms with E-state index in [-0.39, 0.29) is 45.1 Å². The van der Waals surface area contributed by atoms with E-state index in [0.717, 1.165) is 6.42 Å². The Kier molecular flexibility index (Phi) is 21.0. The van der Waals surface area contributed by atoms with Gasteiger partial charge in [-0.1, -0.05) is 134 Å². The van der Waals surface area contributed by atoms with E-state index in [4.69, 9.17) is 0 Å². The number of halogens is 2. The first-order valence-electron chi connectivity index (χ1n) is 17.0. The van der Waals surface area contributed by atoms with Crippen molar-refractivity contribution in [2.75, 3.05) is 0 Å². The monoisotopic (exact) mass is 798 g/mol. The molecule has 0 amide bonds. The number of fused-ring (bicyclic) bond motifs is 2. The Morgan fingerprint density at radius 3 is 1.54 bits per heavy atom. The Bertz CT molecular complexity index is 1840. The van der Waals surface area contributed by atoms with Crippen LogP contribution in [0.1, 0.15) is 102 Å². The molecule has 2 radical (unpaired) electrons. The fourth-order valence-electron chi connectivity index (χ4n) is 6.16. The van der Waals surface area contributed by atoms with Crippen molar-refractivity contribution in [1.29, 1.82) is 0 Å². The molecule has 0 nitrogen and oxygen atoms in total. The average Bonchev–Trinajstić information content (AvgIpc) is 3.73. The van der Waals surface area contributed by atoms with Crippen LogP contribution in [0.2, 0.25) is 0 Å². The van der Waals surface area contributed by atoms with Crippen molar-refractivity contribution in [3.63, 3.8) is 0 Å². The molecule has 2 unspecified atom stereocenters.